The second kappa shape index (κ2) is 9.19. The van der Waals surface area contributed by atoms with Gasteiger partial charge in [-0.05, 0) is 54.5 Å². The maximum atomic E-state index is 5.78. The number of hydrogen-bond donors (Lipinski definition) is 0. The van der Waals surface area contributed by atoms with Gasteiger partial charge < -0.3 is 18.9 Å². The predicted molar refractivity (Wildman–Crippen MR) is 121 cm³/mol. The second-order valence-electron chi connectivity index (χ2n) is 6.58. The van der Waals surface area contributed by atoms with Crippen molar-refractivity contribution in [1.82, 2.24) is 0 Å². The van der Waals surface area contributed by atoms with E-state index in [1.165, 1.54) is 16.4 Å². The molecular weight excluding hydrogens is 383 g/mol. The van der Waals surface area contributed by atoms with E-state index in [0.717, 1.165) is 33.6 Å². The number of rotatable bonds is 7. The van der Waals surface area contributed by atoms with Gasteiger partial charge in [0.25, 0.3) is 0 Å². The third-order valence-electron chi connectivity index (χ3n) is 5.07. The van der Waals surface area contributed by atoms with Gasteiger partial charge in [0, 0.05) is 7.92 Å². The van der Waals surface area contributed by atoms with Crippen molar-refractivity contribution in [3.63, 3.8) is 0 Å². The Kier molecular flexibility index (Phi) is 6.66. The van der Waals surface area contributed by atoms with Crippen LogP contribution < -0.4 is 34.9 Å². The minimum Gasteiger partial charge on any atom is -0.496 e. The highest BCUT2D eigenvalue weighted by molar-refractivity contribution is 7.80. The van der Waals surface area contributed by atoms with Crippen molar-refractivity contribution in [3.05, 3.63) is 65.7 Å². The fourth-order valence-corrected chi connectivity index (χ4v) is 6.43. The predicted octanol–water partition coefficient (Wildman–Crippen LogP) is 4.10. The van der Waals surface area contributed by atoms with Crippen LogP contribution in [-0.2, 0) is 0 Å². The third kappa shape index (κ3) is 3.90. The Hall–Kier alpha value is -2.71. The molecule has 0 unspecified atom stereocenters. The maximum absolute atomic E-state index is 5.78. The lowest BCUT2D eigenvalue weighted by atomic mass is 10.1. The quantitative estimate of drug-likeness (QED) is 0.550. The summed E-state index contributed by atoms with van der Waals surface area (Å²) in [6, 6.07) is 18.2. The fraction of sp³-hybridized carbons (Fsp3) is 0.250. The normalized spacial score (nSPS) is 10.7. The molecule has 0 spiro atoms. The zero-order chi connectivity index (χ0) is 21.0. The van der Waals surface area contributed by atoms with E-state index in [1.807, 2.05) is 36.4 Å². The van der Waals surface area contributed by atoms with Gasteiger partial charge in [0.2, 0.25) is 0 Å². The van der Waals surface area contributed by atoms with Gasteiger partial charge in [-0.3, -0.25) is 0 Å². The molecule has 0 aromatic heterocycles. The largest absolute Gasteiger partial charge is 0.496 e. The number of hydrogen-bond acceptors (Lipinski definition) is 4. The second-order valence-corrected chi connectivity index (χ2v) is 8.62. The lowest BCUT2D eigenvalue weighted by Crippen LogP contribution is -2.27. The van der Waals surface area contributed by atoms with Gasteiger partial charge in [-0.25, -0.2) is 0 Å². The van der Waals surface area contributed by atoms with Crippen LogP contribution in [0.2, 0.25) is 0 Å². The molecule has 0 saturated heterocycles. The van der Waals surface area contributed by atoms with Crippen molar-refractivity contribution < 1.29 is 18.9 Å². The van der Waals surface area contributed by atoms with Crippen molar-refractivity contribution in [2.75, 3.05) is 28.4 Å². The highest BCUT2D eigenvalue weighted by atomic mass is 31.1. The van der Waals surface area contributed by atoms with E-state index in [9.17, 15) is 0 Å². The van der Waals surface area contributed by atoms with Crippen LogP contribution in [0.25, 0.3) is 0 Å². The standard InChI is InChI=1S/C24H27O4P/c1-16-10-7-15-22(17(16)2)29(23-18(25-3)11-8-12-19(23)26-4)24-20(27-5)13-9-14-21(24)28-6/h7-15H,1-6H3. The minimum absolute atomic E-state index is 0.782. The first-order valence-electron chi connectivity index (χ1n) is 9.35. The van der Waals surface area contributed by atoms with Crippen molar-refractivity contribution in [1.29, 1.82) is 0 Å². The van der Waals surface area contributed by atoms with E-state index >= 15 is 0 Å². The van der Waals surface area contributed by atoms with Crippen LogP contribution in [-0.4, -0.2) is 28.4 Å². The van der Waals surface area contributed by atoms with Crippen LogP contribution in [0.4, 0.5) is 0 Å². The zero-order valence-electron chi connectivity index (χ0n) is 17.8. The average molecular weight is 410 g/mol. The number of benzene rings is 3. The summed E-state index contributed by atoms with van der Waals surface area (Å²) in [5.41, 5.74) is 2.47. The van der Waals surface area contributed by atoms with Crippen LogP contribution in [0.3, 0.4) is 0 Å². The summed E-state index contributed by atoms with van der Waals surface area (Å²) in [7, 11) is 5.67. The highest BCUT2D eigenvalue weighted by Crippen LogP contribution is 2.46. The summed E-state index contributed by atoms with van der Waals surface area (Å²) >= 11 is 0. The van der Waals surface area contributed by atoms with Gasteiger partial charge in [-0.1, -0.05) is 30.3 Å². The molecule has 4 nitrogen and oxygen atoms in total. The Morgan fingerprint density at radius 1 is 0.552 bits per heavy atom. The Labute approximate surface area is 174 Å². The first kappa shape index (κ1) is 21.0. The number of aryl methyl sites for hydroxylation is 1. The molecule has 0 saturated carbocycles. The molecule has 0 amide bonds. The molecule has 3 aromatic rings. The maximum Gasteiger partial charge on any atom is 0.130 e. The molecular formula is C24H27O4P. The smallest absolute Gasteiger partial charge is 0.130 e. The molecule has 152 valence electrons. The summed E-state index contributed by atoms with van der Waals surface area (Å²) in [5, 5.41) is 3.22. The topological polar surface area (TPSA) is 36.9 Å². The Morgan fingerprint density at radius 3 is 1.31 bits per heavy atom. The molecule has 5 heteroatoms. The lowest BCUT2D eigenvalue weighted by Gasteiger charge is -2.28. The van der Waals surface area contributed by atoms with Crippen LogP contribution in [0.15, 0.2) is 54.6 Å². The molecule has 0 heterocycles. The van der Waals surface area contributed by atoms with Gasteiger partial charge in [0.15, 0.2) is 0 Å². The lowest BCUT2D eigenvalue weighted by molar-refractivity contribution is 0.399. The van der Waals surface area contributed by atoms with Crippen LogP contribution in [0, 0.1) is 13.8 Å². The van der Waals surface area contributed by atoms with Crippen molar-refractivity contribution in [3.8, 4) is 23.0 Å². The molecule has 0 bridgehead atoms. The molecule has 0 fully saturated rings. The van der Waals surface area contributed by atoms with Crippen molar-refractivity contribution in [2.24, 2.45) is 0 Å². The van der Waals surface area contributed by atoms with E-state index in [0.29, 0.717) is 0 Å². The SMILES string of the molecule is COc1cccc(OC)c1P(c1cccc(C)c1C)c1c(OC)cccc1OC. The summed E-state index contributed by atoms with van der Waals surface area (Å²) in [6.07, 6.45) is 0. The van der Waals surface area contributed by atoms with E-state index in [4.69, 9.17) is 18.9 Å². The summed E-state index contributed by atoms with van der Waals surface area (Å²) in [4.78, 5) is 0. The Bertz CT molecular complexity index is 900. The summed E-state index contributed by atoms with van der Waals surface area (Å²) in [6.45, 7) is 4.29. The zero-order valence-corrected chi connectivity index (χ0v) is 18.7. The molecule has 0 N–H and O–H groups in total. The van der Waals surface area contributed by atoms with Gasteiger partial charge in [0.05, 0.1) is 39.0 Å². The van der Waals surface area contributed by atoms with Crippen LogP contribution >= 0.6 is 7.92 Å². The number of methoxy groups -OCH3 is 4. The molecule has 0 atom stereocenters. The molecule has 0 aliphatic rings. The minimum atomic E-state index is -1.09. The first-order chi connectivity index (χ1) is 14.1. The molecule has 0 aliphatic carbocycles. The van der Waals surface area contributed by atoms with Crippen LogP contribution in [0.1, 0.15) is 11.1 Å². The van der Waals surface area contributed by atoms with E-state index in [2.05, 4.69) is 32.0 Å². The summed E-state index contributed by atoms with van der Waals surface area (Å²) < 4.78 is 23.1. The first-order valence-corrected chi connectivity index (χ1v) is 10.7. The molecule has 0 aliphatic heterocycles. The monoisotopic (exact) mass is 410 g/mol. The summed E-state index contributed by atoms with van der Waals surface area (Å²) in [5.74, 6) is 3.13. The van der Waals surface area contributed by atoms with E-state index < -0.39 is 7.92 Å². The van der Waals surface area contributed by atoms with Gasteiger partial charge in [-0.2, -0.15) is 0 Å². The van der Waals surface area contributed by atoms with Gasteiger partial charge in [-0.15, -0.1) is 0 Å². The van der Waals surface area contributed by atoms with Gasteiger partial charge in [0.1, 0.15) is 23.0 Å². The van der Waals surface area contributed by atoms with Crippen LogP contribution in [0.5, 0.6) is 23.0 Å². The molecule has 3 aromatic carbocycles. The van der Waals surface area contributed by atoms with Gasteiger partial charge >= 0.3 is 0 Å². The van der Waals surface area contributed by atoms with E-state index in [-0.39, 0.29) is 0 Å². The van der Waals surface area contributed by atoms with Crippen molar-refractivity contribution >= 4 is 23.8 Å². The Balaban J connectivity index is 2.46. The van der Waals surface area contributed by atoms with E-state index in [1.54, 1.807) is 28.4 Å². The highest BCUT2D eigenvalue weighted by Gasteiger charge is 2.31. The molecule has 0 radical (unpaired) electrons. The average Bonchev–Trinajstić information content (AvgIpc) is 2.76. The Morgan fingerprint density at radius 2 is 0.931 bits per heavy atom. The number of ether oxygens (including phenoxy) is 4. The third-order valence-corrected chi connectivity index (χ3v) is 7.81. The van der Waals surface area contributed by atoms with Crippen molar-refractivity contribution in [2.45, 2.75) is 13.8 Å². The fourth-order valence-electron chi connectivity index (χ4n) is 3.43. The molecule has 3 rings (SSSR count). The molecule has 29 heavy (non-hydrogen) atoms.